The minimum absolute atomic E-state index is 0.0835. The fourth-order valence-electron chi connectivity index (χ4n) is 1.26. The van der Waals surface area contributed by atoms with E-state index >= 15 is 0 Å². The molecule has 98 valence electrons. The van der Waals surface area contributed by atoms with Crippen molar-refractivity contribution >= 4 is 21.6 Å². The van der Waals surface area contributed by atoms with Crippen LogP contribution in [0.1, 0.15) is 5.76 Å². The molecule has 18 heavy (non-hydrogen) atoms. The molecule has 0 unspecified atom stereocenters. The van der Waals surface area contributed by atoms with Crippen molar-refractivity contribution in [1.82, 2.24) is 10.2 Å². The highest BCUT2D eigenvalue weighted by molar-refractivity contribution is 8.00. The van der Waals surface area contributed by atoms with Gasteiger partial charge in [0, 0.05) is 12.0 Å². The summed E-state index contributed by atoms with van der Waals surface area (Å²) in [5.74, 6) is 1.56. The third-order valence-corrected chi connectivity index (χ3v) is 4.20. The lowest BCUT2D eigenvalue weighted by Gasteiger charge is -1.94. The van der Waals surface area contributed by atoms with E-state index in [0.717, 1.165) is 5.56 Å². The second-order valence-electron chi connectivity index (χ2n) is 3.74. The number of sulfone groups is 1. The molecule has 2 aromatic rings. The summed E-state index contributed by atoms with van der Waals surface area (Å²) in [7, 11) is -2.96. The lowest BCUT2D eigenvalue weighted by molar-refractivity contribution is 0.463. The minimum Gasteiger partial charge on any atom is -0.469 e. The van der Waals surface area contributed by atoms with Gasteiger partial charge in [-0.25, -0.2) is 8.42 Å². The van der Waals surface area contributed by atoms with E-state index in [1.54, 1.807) is 19.3 Å². The van der Waals surface area contributed by atoms with Gasteiger partial charge in [0.05, 0.1) is 17.6 Å². The van der Waals surface area contributed by atoms with Crippen molar-refractivity contribution in [3.05, 3.63) is 18.1 Å². The molecule has 0 aliphatic heterocycles. The molecule has 0 fully saturated rings. The van der Waals surface area contributed by atoms with Crippen LogP contribution in [0.25, 0.3) is 11.5 Å². The Morgan fingerprint density at radius 1 is 1.39 bits per heavy atom. The van der Waals surface area contributed by atoms with Crippen LogP contribution in [0.2, 0.25) is 0 Å². The molecule has 0 amide bonds. The molecule has 0 spiro atoms. The second kappa shape index (κ2) is 5.15. The highest BCUT2D eigenvalue weighted by Gasteiger charge is 2.13. The Labute approximate surface area is 109 Å². The highest BCUT2D eigenvalue weighted by Crippen LogP contribution is 2.26. The quantitative estimate of drug-likeness (QED) is 0.775. The minimum atomic E-state index is -2.96. The molecule has 0 aliphatic rings. The Bertz CT molecular complexity index is 630. The molecule has 8 heteroatoms. The summed E-state index contributed by atoms with van der Waals surface area (Å²) in [6, 6.07) is 1.74. The summed E-state index contributed by atoms with van der Waals surface area (Å²) < 4.78 is 32.5. The number of hydrogen-bond donors (Lipinski definition) is 0. The zero-order valence-corrected chi connectivity index (χ0v) is 11.5. The summed E-state index contributed by atoms with van der Waals surface area (Å²) in [5.41, 5.74) is 0.748. The summed E-state index contributed by atoms with van der Waals surface area (Å²) in [5, 5.41) is 8.09. The van der Waals surface area contributed by atoms with Crippen LogP contribution < -0.4 is 0 Å². The predicted molar refractivity (Wildman–Crippen MR) is 67.2 cm³/mol. The van der Waals surface area contributed by atoms with Gasteiger partial charge >= 0.3 is 0 Å². The Kier molecular flexibility index (Phi) is 3.76. The molecule has 0 aliphatic carbocycles. The third kappa shape index (κ3) is 3.36. The van der Waals surface area contributed by atoms with Crippen LogP contribution in [0, 0.1) is 6.92 Å². The summed E-state index contributed by atoms with van der Waals surface area (Å²) in [4.78, 5) is 0. The zero-order valence-electron chi connectivity index (χ0n) is 9.91. The first-order valence-electron chi connectivity index (χ1n) is 5.14. The van der Waals surface area contributed by atoms with Crippen LogP contribution >= 0.6 is 11.8 Å². The van der Waals surface area contributed by atoms with Crippen LogP contribution in [-0.2, 0) is 9.84 Å². The molecule has 0 saturated heterocycles. The standard InChI is InChI=1S/C10H12N2O4S2/c1-7-8(3-4-15-7)9-11-12-10(16-9)17-5-6-18(2,13)14/h3-4H,5-6H2,1-2H3. The van der Waals surface area contributed by atoms with Gasteiger partial charge in [-0.2, -0.15) is 0 Å². The maximum Gasteiger partial charge on any atom is 0.276 e. The van der Waals surface area contributed by atoms with Crippen molar-refractivity contribution in [3.63, 3.8) is 0 Å². The van der Waals surface area contributed by atoms with Gasteiger partial charge in [0.2, 0.25) is 0 Å². The first kappa shape index (κ1) is 13.2. The van der Waals surface area contributed by atoms with Gasteiger partial charge in [-0.3, -0.25) is 0 Å². The Morgan fingerprint density at radius 3 is 2.78 bits per heavy atom. The smallest absolute Gasteiger partial charge is 0.276 e. The molecule has 0 aromatic carbocycles. The maximum atomic E-state index is 11.0. The molecule has 0 atom stereocenters. The third-order valence-electron chi connectivity index (χ3n) is 2.18. The van der Waals surface area contributed by atoms with E-state index in [1.807, 2.05) is 0 Å². The zero-order chi connectivity index (χ0) is 13.2. The van der Waals surface area contributed by atoms with Crippen molar-refractivity contribution in [2.45, 2.75) is 12.1 Å². The SMILES string of the molecule is Cc1occc1-c1nnc(SCCS(C)(=O)=O)o1. The molecule has 0 radical (unpaired) electrons. The van der Waals surface area contributed by atoms with Crippen LogP contribution in [0.4, 0.5) is 0 Å². The van der Waals surface area contributed by atoms with Crippen LogP contribution in [-0.4, -0.2) is 36.4 Å². The molecule has 6 nitrogen and oxygen atoms in total. The summed E-state index contributed by atoms with van der Waals surface area (Å²) >= 11 is 1.22. The van der Waals surface area contributed by atoms with E-state index in [4.69, 9.17) is 8.83 Å². The number of nitrogens with zero attached hydrogens (tertiary/aromatic N) is 2. The molecule has 0 bridgehead atoms. The van der Waals surface area contributed by atoms with Gasteiger partial charge in [0.15, 0.2) is 0 Å². The average molecular weight is 288 g/mol. The number of hydrogen-bond acceptors (Lipinski definition) is 7. The topological polar surface area (TPSA) is 86.2 Å². The summed E-state index contributed by atoms with van der Waals surface area (Å²) in [6.45, 7) is 1.80. The normalized spacial score (nSPS) is 11.9. The van der Waals surface area contributed by atoms with Crippen LogP contribution in [0.3, 0.4) is 0 Å². The van der Waals surface area contributed by atoms with E-state index in [-0.39, 0.29) is 5.75 Å². The predicted octanol–water partition coefficient (Wildman–Crippen LogP) is 1.77. The van der Waals surface area contributed by atoms with Gasteiger partial charge in [0.25, 0.3) is 11.1 Å². The highest BCUT2D eigenvalue weighted by atomic mass is 32.2. The monoisotopic (exact) mass is 288 g/mol. The number of aryl methyl sites for hydroxylation is 1. The van der Waals surface area contributed by atoms with E-state index in [1.165, 1.54) is 18.0 Å². The number of rotatable bonds is 5. The largest absolute Gasteiger partial charge is 0.469 e. The van der Waals surface area contributed by atoms with Crippen molar-refractivity contribution in [2.75, 3.05) is 17.8 Å². The number of aromatic nitrogens is 2. The molecular formula is C10H12N2O4S2. The number of furan rings is 1. The lowest BCUT2D eigenvalue weighted by Crippen LogP contribution is -2.04. The van der Waals surface area contributed by atoms with E-state index in [2.05, 4.69) is 10.2 Å². The van der Waals surface area contributed by atoms with Gasteiger partial charge < -0.3 is 8.83 Å². The number of thioether (sulfide) groups is 1. The van der Waals surface area contributed by atoms with Gasteiger partial charge in [0.1, 0.15) is 15.6 Å². The van der Waals surface area contributed by atoms with E-state index in [0.29, 0.717) is 22.6 Å². The first-order valence-corrected chi connectivity index (χ1v) is 8.19. The van der Waals surface area contributed by atoms with Crippen molar-refractivity contribution < 1.29 is 17.3 Å². The Morgan fingerprint density at radius 2 is 2.17 bits per heavy atom. The molecular weight excluding hydrogens is 276 g/mol. The Hall–Kier alpha value is -1.28. The Balaban J connectivity index is 2.01. The van der Waals surface area contributed by atoms with E-state index in [9.17, 15) is 8.42 Å². The van der Waals surface area contributed by atoms with Crippen LogP contribution in [0.15, 0.2) is 26.4 Å². The van der Waals surface area contributed by atoms with Crippen molar-refractivity contribution in [2.24, 2.45) is 0 Å². The van der Waals surface area contributed by atoms with Gasteiger partial charge in [-0.1, -0.05) is 11.8 Å². The molecule has 2 aromatic heterocycles. The average Bonchev–Trinajstić information content (AvgIpc) is 2.84. The maximum absolute atomic E-state index is 11.0. The molecule has 2 rings (SSSR count). The summed E-state index contributed by atoms with van der Waals surface area (Å²) in [6.07, 6.45) is 2.74. The van der Waals surface area contributed by atoms with Crippen LogP contribution in [0.5, 0.6) is 0 Å². The second-order valence-corrected chi connectivity index (χ2v) is 7.05. The van der Waals surface area contributed by atoms with Crippen molar-refractivity contribution in [3.8, 4) is 11.5 Å². The molecule has 0 N–H and O–H groups in total. The fraction of sp³-hybridized carbons (Fsp3) is 0.400. The van der Waals surface area contributed by atoms with Gasteiger partial charge in [-0.15, -0.1) is 10.2 Å². The lowest BCUT2D eigenvalue weighted by atomic mass is 10.3. The van der Waals surface area contributed by atoms with E-state index < -0.39 is 9.84 Å². The van der Waals surface area contributed by atoms with Crippen molar-refractivity contribution in [1.29, 1.82) is 0 Å². The molecule has 0 saturated carbocycles. The fourth-order valence-corrected chi connectivity index (χ4v) is 3.22. The van der Waals surface area contributed by atoms with Gasteiger partial charge in [-0.05, 0) is 13.0 Å². The first-order chi connectivity index (χ1) is 8.46. The molecule has 2 heterocycles.